The minimum atomic E-state index is -0.365. The van der Waals surface area contributed by atoms with Crippen LogP contribution >= 0.6 is 24.1 Å². The highest BCUT2D eigenvalue weighted by Gasteiger charge is 2.17. The second-order valence-corrected chi connectivity index (χ2v) is 11.4. The number of rotatable bonds is 13. The first-order valence-electron chi connectivity index (χ1n) is 13.8. The first-order chi connectivity index (χ1) is 23.7. The van der Waals surface area contributed by atoms with Crippen molar-refractivity contribution in [3.05, 3.63) is 90.0 Å². The van der Waals surface area contributed by atoms with Crippen LogP contribution in [0.2, 0.25) is 0 Å². The lowest BCUT2D eigenvalue weighted by atomic mass is 10.1. The average molecular weight is 707 g/mol. The van der Waals surface area contributed by atoms with Crippen LogP contribution in [0.3, 0.4) is 0 Å². The molecule has 0 heterocycles. The third kappa shape index (κ3) is 8.59. The summed E-state index contributed by atoms with van der Waals surface area (Å²) in [6, 6.07) is 20.5. The minimum absolute atomic E-state index is 0.0454. The van der Waals surface area contributed by atoms with Gasteiger partial charge in [0, 0.05) is 33.3 Å². The number of anilines is 2. The maximum Gasteiger partial charge on any atom is 0.255 e. The fourth-order valence-corrected chi connectivity index (χ4v) is 5.29. The van der Waals surface area contributed by atoms with Crippen LogP contribution in [0, 0.1) is 6.92 Å². The second kappa shape index (κ2) is 16.2. The Morgan fingerprint density at radius 1 is 0.796 bits per heavy atom. The van der Waals surface area contributed by atoms with Crippen LogP contribution in [0.15, 0.2) is 109 Å². The molecule has 0 saturated heterocycles. The molecule has 0 saturated carbocycles. The second-order valence-electron chi connectivity index (χ2n) is 9.90. The fourth-order valence-electron chi connectivity index (χ4n) is 4.40. The molecule has 18 heteroatoms. The van der Waals surface area contributed by atoms with Crippen LogP contribution in [-0.4, -0.2) is 33.7 Å². The summed E-state index contributed by atoms with van der Waals surface area (Å²) in [5.74, 6) is -0.549. The molecule has 0 atom stereocenters. The number of ether oxygens (including phenoxy) is 1. The molecule has 0 bridgehead atoms. The van der Waals surface area contributed by atoms with Crippen molar-refractivity contribution < 1.29 is 49.0 Å². The Morgan fingerprint density at radius 3 is 2.24 bits per heavy atom. The number of amides is 1. The number of hydrogen-bond acceptors (Lipinski definition) is 17. The van der Waals surface area contributed by atoms with E-state index in [-0.39, 0.29) is 33.7 Å². The number of aromatic hydroxyl groups is 2. The van der Waals surface area contributed by atoms with Gasteiger partial charge in [0.1, 0.15) is 28.6 Å². The number of azo groups is 2. The maximum atomic E-state index is 12.7. The molecule has 0 aliphatic carbocycles. The van der Waals surface area contributed by atoms with Crippen LogP contribution in [0.1, 0.15) is 15.9 Å². The zero-order valence-electron chi connectivity index (χ0n) is 25.4. The number of carbonyl (C=O) groups excluding carboxylic acids is 1. The van der Waals surface area contributed by atoms with Crippen LogP contribution < -0.4 is 15.8 Å². The molecule has 49 heavy (non-hydrogen) atoms. The molecule has 0 spiro atoms. The van der Waals surface area contributed by atoms with E-state index in [1.807, 2.05) is 0 Å². The highest BCUT2D eigenvalue weighted by atomic mass is 32.2. The number of carbonyl (C=O) groups is 1. The predicted octanol–water partition coefficient (Wildman–Crippen LogP) is 9.09. The zero-order chi connectivity index (χ0) is 34.9. The van der Waals surface area contributed by atoms with Crippen LogP contribution in [0.25, 0.3) is 10.8 Å². The molecule has 0 unspecified atom stereocenters. The Hall–Kier alpha value is -5.31. The number of hydrogen-bond donors (Lipinski definition) is 6. The molecule has 5 rings (SSSR count). The van der Waals surface area contributed by atoms with Gasteiger partial charge in [-0.2, -0.15) is 5.11 Å². The third-order valence-electron chi connectivity index (χ3n) is 6.76. The fraction of sp³-hybridized carbons (Fsp3) is 0.0645. The van der Waals surface area contributed by atoms with Gasteiger partial charge >= 0.3 is 0 Å². The number of phenols is 2. The summed E-state index contributed by atoms with van der Waals surface area (Å²) in [5, 5.41) is 66.9. The zero-order valence-corrected chi connectivity index (χ0v) is 27.1. The van der Waals surface area contributed by atoms with E-state index in [0.29, 0.717) is 67.3 Å². The quantitative estimate of drug-likeness (QED) is 0.0221. The summed E-state index contributed by atoms with van der Waals surface area (Å²) in [5.41, 5.74) is 8.26. The molecule has 5 aromatic carbocycles. The largest absolute Gasteiger partial charge is 0.506 e. The molecule has 252 valence electrons. The van der Waals surface area contributed by atoms with Crippen molar-refractivity contribution in [2.24, 2.45) is 20.5 Å². The molecule has 5 aromatic rings. The highest BCUT2D eigenvalue weighted by molar-refractivity contribution is 7.94. The third-order valence-corrected chi connectivity index (χ3v) is 7.96. The molecular weight excluding hydrogens is 681 g/mol. The Balaban J connectivity index is 1.42. The number of methoxy groups -OCH3 is 1. The Labute approximate surface area is 285 Å². The van der Waals surface area contributed by atoms with E-state index in [9.17, 15) is 15.0 Å². The number of nitrogens with two attached hydrogens (primary N) is 1. The van der Waals surface area contributed by atoms with E-state index in [0.717, 1.165) is 12.0 Å². The van der Waals surface area contributed by atoms with Gasteiger partial charge in [0.2, 0.25) is 0 Å². The molecule has 0 radical (unpaired) electrons. The van der Waals surface area contributed by atoms with Crippen LogP contribution in [-0.2, 0) is 18.7 Å². The molecular formula is C31H26N6O10S2. The monoisotopic (exact) mass is 706 g/mol. The maximum absolute atomic E-state index is 12.7. The van der Waals surface area contributed by atoms with E-state index in [4.69, 9.17) is 21.0 Å². The van der Waals surface area contributed by atoms with Gasteiger partial charge in [0.05, 0.1) is 41.8 Å². The van der Waals surface area contributed by atoms with Crippen LogP contribution in [0.5, 0.6) is 17.2 Å². The molecule has 0 aliphatic heterocycles. The number of phenolic OH excluding ortho intramolecular Hbond substituents is 2. The number of benzene rings is 5. The van der Waals surface area contributed by atoms with Crippen molar-refractivity contribution in [2.75, 3.05) is 18.2 Å². The Kier molecular flexibility index (Phi) is 11.6. The predicted molar refractivity (Wildman–Crippen MR) is 180 cm³/mol. The van der Waals surface area contributed by atoms with E-state index >= 15 is 0 Å². The summed E-state index contributed by atoms with van der Waals surface area (Å²) in [4.78, 5) is 13.4. The van der Waals surface area contributed by atoms with E-state index < -0.39 is 0 Å². The lowest BCUT2D eigenvalue weighted by Crippen LogP contribution is -2.11. The van der Waals surface area contributed by atoms with Crippen molar-refractivity contribution in [2.45, 2.75) is 16.7 Å². The number of nitrogens with one attached hydrogen (secondary N) is 1. The van der Waals surface area contributed by atoms with Gasteiger partial charge in [0.25, 0.3) is 5.91 Å². The molecule has 16 nitrogen and oxygen atoms in total. The molecule has 0 aromatic heterocycles. The number of nitrogens with zero attached hydrogens (tertiary/aromatic N) is 4. The molecule has 0 fully saturated rings. The summed E-state index contributed by atoms with van der Waals surface area (Å²) < 4.78 is 14.4. The highest BCUT2D eigenvalue weighted by Crippen LogP contribution is 2.45. The van der Waals surface area contributed by atoms with E-state index in [2.05, 4.69) is 44.5 Å². The standard InChI is InChI=1S/C31H26N6O10S2/c1-16-11-24(26(38)15-23(16)34-36-25-14-21(48-46-44-41)8-10-27(25)43-2)35-37-29-28(49-47-45-42)13-18-12-20(7-9-22(18)30(29)39)33-31(40)17-3-5-19(32)6-4-17/h3-15,38-39,41-42H,32H2,1-2H3,(H,33,40). The van der Waals surface area contributed by atoms with Crippen molar-refractivity contribution >= 4 is 74.9 Å². The average Bonchev–Trinajstić information content (AvgIpc) is 3.10. The normalized spacial score (nSPS) is 11.5. The Morgan fingerprint density at radius 2 is 1.51 bits per heavy atom. The SMILES string of the molecule is COc1ccc(SOOO)cc1N=Nc1cc(O)c(N=Nc2c(SOOO)cc3cc(NC(=O)c4ccc(N)cc4)ccc3c2O)cc1C. The lowest BCUT2D eigenvalue weighted by molar-refractivity contribution is -0.432. The van der Waals surface area contributed by atoms with Crippen molar-refractivity contribution in [3.63, 3.8) is 0 Å². The van der Waals surface area contributed by atoms with Gasteiger partial charge in [-0.25, -0.2) is 10.5 Å². The van der Waals surface area contributed by atoms with Gasteiger partial charge in [-0.3, -0.25) is 4.79 Å². The van der Waals surface area contributed by atoms with Gasteiger partial charge in [-0.05, 0) is 90.7 Å². The first-order valence-corrected chi connectivity index (χ1v) is 15.3. The smallest absolute Gasteiger partial charge is 0.255 e. The number of aryl methyl sites for hydroxylation is 1. The van der Waals surface area contributed by atoms with Gasteiger partial charge in [0.15, 0.2) is 5.75 Å². The van der Waals surface area contributed by atoms with E-state index in [1.54, 1.807) is 73.7 Å². The number of fused-ring (bicyclic) bond motifs is 1. The van der Waals surface area contributed by atoms with Gasteiger partial charge < -0.3 is 26.0 Å². The van der Waals surface area contributed by atoms with Crippen molar-refractivity contribution in [1.29, 1.82) is 0 Å². The molecule has 1 amide bonds. The Bertz CT molecular complexity index is 2050. The van der Waals surface area contributed by atoms with Gasteiger partial charge in [-0.1, -0.05) is 10.1 Å². The number of nitrogen functional groups attached to an aromatic ring is 1. The van der Waals surface area contributed by atoms with Crippen molar-refractivity contribution in [1.82, 2.24) is 0 Å². The lowest BCUT2D eigenvalue weighted by Gasteiger charge is -2.11. The topological polar surface area (TPSA) is 232 Å². The summed E-state index contributed by atoms with van der Waals surface area (Å²) in [7, 11) is 1.47. The molecule has 7 N–H and O–H groups in total. The van der Waals surface area contributed by atoms with Crippen molar-refractivity contribution in [3.8, 4) is 17.2 Å². The van der Waals surface area contributed by atoms with E-state index in [1.165, 1.54) is 19.2 Å². The minimum Gasteiger partial charge on any atom is -0.506 e. The molecule has 0 aliphatic rings. The van der Waals surface area contributed by atoms with Crippen LogP contribution in [0.4, 0.5) is 34.1 Å². The summed E-state index contributed by atoms with van der Waals surface area (Å²) in [6.07, 6.45) is 0. The van der Waals surface area contributed by atoms with Gasteiger partial charge in [-0.15, -0.1) is 24.0 Å². The summed E-state index contributed by atoms with van der Waals surface area (Å²) in [6.45, 7) is 1.72. The first kappa shape index (κ1) is 35.0. The summed E-state index contributed by atoms with van der Waals surface area (Å²) >= 11 is 1.28.